The monoisotopic (exact) mass is 233 g/mol. The number of nitrogens with one attached hydrogen (secondary N) is 1. The predicted molar refractivity (Wildman–Crippen MR) is 76.5 cm³/mol. The predicted octanol–water partition coefficient (Wildman–Crippen LogP) is 3.91. The lowest BCUT2D eigenvalue weighted by molar-refractivity contribution is 0.675. The summed E-state index contributed by atoms with van der Waals surface area (Å²) in [6.07, 6.45) is 1.41. The molecule has 0 amide bonds. The first-order valence-corrected chi connectivity index (χ1v) is 7.09. The molecule has 1 aliphatic carbocycles. The quantitative estimate of drug-likeness (QED) is 0.775. The first kappa shape index (κ1) is 14.2. The number of piperidine rings is 1. The molecule has 1 aromatic carbocycles. The van der Waals surface area contributed by atoms with Crippen molar-refractivity contribution in [2.75, 3.05) is 13.1 Å². The Hall–Kier alpha value is -0.820. The van der Waals surface area contributed by atoms with Gasteiger partial charge in [0.15, 0.2) is 0 Å². The van der Waals surface area contributed by atoms with Crippen LogP contribution in [0.15, 0.2) is 24.3 Å². The molecule has 1 heterocycles. The lowest BCUT2D eigenvalue weighted by Gasteiger charge is -2.11. The van der Waals surface area contributed by atoms with Gasteiger partial charge in [-0.1, -0.05) is 57.5 Å². The van der Waals surface area contributed by atoms with E-state index >= 15 is 0 Å². The average Bonchev–Trinajstić information content (AvgIpc) is 2.97. The van der Waals surface area contributed by atoms with Crippen LogP contribution in [-0.2, 0) is 5.41 Å². The van der Waals surface area contributed by atoms with Crippen LogP contribution >= 0.6 is 0 Å². The van der Waals surface area contributed by atoms with Gasteiger partial charge in [0.25, 0.3) is 0 Å². The molecular formula is C16H27N. The van der Waals surface area contributed by atoms with Gasteiger partial charge in [-0.2, -0.15) is 0 Å². The van der Waals surface area contributed by atoms with Gasteiger partial charge in [-0.25, -0.2) is 0 Å². The molecule has 2 atom stereocenters. The topological polar surface area (TPSA) is 12.0 Å². The minimum atomic E-state index is 0.535. The molecule has 0 aromatic heterocycles. The molecule has 17 heavy (non-hydrogen) atoms. The number of benzene rings is 1. The Morgan fingerprint density at radius 3 is 2.06 bits per heavy atom. The summed E-state index contributed by atoms with van der Waals surface area (Å²) in [7, 11) is 0. The highest BCUT2D eigenvalue weighted by Crippen LogP contribution is 2.56. The summed E-state index contributed by atoms with van der Waals surface area (Å²) in [5, 5.41) is 3.48. The molecule has 1 N–H and O–H groups in total. The smallest absolute Gasteiger partial charge is 0.0122 e. The molecule has 1 nitrogen and oxygen atoms in total. The summed E-state index contributed by atoms with van der Waals surface area (Å²) in [5.74, 6) is 0.926. The third-order valence-corrected chi connectivity index (χ3v) is 3.69. The van der Waals surface area contributed by atoms with Gasteiger partial charge in [-0.15, -0.1) is 0 Å². The van der Waals surface area contributed by atoms with Crippen molar-refractivity contribution in [1.29, 1.82) is 0 Å². The zero-order valence-corrected chi connectivity index (χ0v) is 12.0. The van der Waals surface area contributed by atoms with Crippen molar-refractivity contribution < 1.29 is 0 Å². The summed E-state index contributed by atoms with van der Waals surface area (Å²) in [6, 6.07) is 9.08. The molecule has 2 unspecified atom stereocenters. The SMILES string of the molecule is CC.CC.Cc1ccc(C23CNCC2C3)cc1. The van der Waals surface area contributed by atoms with Gasteiger partial charge in [0, 0.05) is 12.0 Å². The molecule has 2 fully saturated rings. The third kappa shape index (κ3) is 2.71. The summed E-state index contributed by atoms with van der Waals surface area (Å²) < 4.78 is 0. The van der Waals surface area contributed by atoms with Crippen LogP contribution in [0.5, 0.6) is 0 Å². The van der Waals surface area contributed by atoms with Gasteiger partial charge in [0.05, 0.1) is 0 Å². The lowest BCUT2D eigenvalue weighted by atomic mass is 9.94. The molecular weight excluding hydrogens is 206 g/mol. The highest BCUT2D eigenvalue weighted by Gasteiger charge is 2.57. The molecule has 1 saturated heterocycles. The fourth-order valence-electron chi connectivity index (χ4n) is 2.68. The van der Waals surface area contributed by atoms with E-state index in [1.807, 2.05) is 27.7 Å². The maximum Gasteiger partial charge on any atom is 0.0122 e. The normalized spacial score (nSPS) is 28.2. The van der Waals surface area contributed by atoms with Gasteiger partial charge in [-0.05, 0) is 31.4 Å². The number of aryl methyl sites for hydroxylation is 1. The molecule has 96 valence electrons. The Bertz CT molecular complexity index is 328. The Morgan fingerprint density at radius 2 is 1.65 bits per heavy atom. The Balaban J connectivity index is 0.000000330. The molecule has 1 heteroatoms. The van der Waals surface area contributed by atoms with E-state index in [1.54, 1.807) is 5.56 Å². The van der Waals surface area contributed by atoms with Crippen LogP contribution in [0.1, 0.15) is 45.2 Å². The van der Waals surface area contributed by atoms with Crippen molar-refractivity contribution in [3.63, 3.8) is 0 Å². The van der Waals surface area contributed by atoms with Crippen molar-refractivity contribution in [1.82, 2.24) is 5.32 Å². The number of hydrogen-bond acceptors (Lipinski definition) is 1. The van der Waals surface area contributed by atoms with E-state index in [9.17, 15) is 0 Å². The van der Waals surface area contributed by atoms with Crippen molar-refractivity contribution >= 4 is 0 Å². The summed E-state index contributed by atoms with van der Waals surface area (Å²) >= 11 is 0. The van der Waals surface area contributed by atoms with Crippen LogP contribution in [0, 0.1) is 12.8 Å². The second kappa shape index (κ2) is 6.20. The van der Waals surface area contributed by atoms with E-state index in [1.165, 1.54) is 25.1 Å². The molecule has 1 saturated carbocycles. The number of fused-ring (bicyclic) bond motifs is 1. The van der Waals surface area contributed by atoms with Gasteiger partial charge in [-0.3, -0.25) is 0 Å². The highest BCUT2D eigenvalue weighted by atomic mass is 15.0. The molecule has 1 aromatic rings. The van der Waals surface area contributed by atoms with E-state index in [0.29, 0.717) is 5.41 Å². The summed E-state index contributed by atoms with van der Waals surface area (Å²) in [6.45, 7) is 12.6. The summed E-state index contributed by atoms with van der Waals surface area (Å²) in [5.41, 5.74) is 3.45. The first-order valence-electron chi connectivity index (χ1n) is 7.09. The highest BCUT2D eigenvalue weighted by molar-refractivity contribution is 5.38. The van der Waals surface area contributed by atoms with Gasteiger partial charge in [0.2, 0.25) is 0 Å². The second-order valence-electron chi connectivity index (χ2n) is 4.55. The van der Waals surface area contributed by atoms with Gasteiger partial charge >= 0.3 is 0 Å². The molecule has 3 rings (SSSR count). The van der Waals surface area contributed by atoms with Crippen LogP contribution in [0.3, 0.4) is 0 Å². The second-order valence-corrected chi connectivity index (χ2v) is 4.55. The van der Waals surface area contributed by atoms with E-state index in [0.717, 1.165) is 5.92 Å². The van der Waals surface area contributed by atoms with Crippen molar-refractivity contribution in [2.45, 2.75) is 46.5 Å². The lowest BCUT2D eigenvalue weighted by Crippen LogP contribution is -2.19. The third-order valence-electron chi connectivity index (χ3n) is 3.69. The number of hydrogen-bond donors (Lipinski definition) is 1. The number of rotatable bonds is 1. The Labute approximate surface area is 107 Å². The van der Waals surface area contributed by atoms with Crippen molar-refractivity contribution in [2.24, 2.45) is 5.92 Å². The fraction of sp³-hybridized carbons (Fsp3) is 0.625. The summed E-state index contributed by atoms with van der Waals surface area (Å²) in [4.78, 5) is 0. The standard InChI is InChI=1S/C12H15N.2C2H6/c1-9-2-4-10(5-3-9)12-6-11(12)7-13-8-12;2*1-2/h2-5,11,13H,6-8H2,1H3;2*1-2H3. The molecule has 2 aliphatic rings. The maximum atomic E-state index is 3.48. The van der Waals surface area contributed by atoms with E-state index in [4.69, 9.17) is 0 Å². The van der Waals surface area contributed by atoms with Crippen LogP contribution < -0.4 is 5.32 Å². The van der Waals surface area contributed by atoms with E-state index in [-0.39, 0.29) is 0 Å². The van der Waals surface area contributed by atoms with Crippen LogP contribution in [0.2, 0.25) is 0 Å². The van der Waals surface area contributed by atoms with E-state index in [2.05, 4.69) is 36.5 Å². The first-order chi connectivity index (χ1) is 8.31. The van der Waals surface area contributed by atoms with Crippen LogP contribution in [0.25, 0.3) is 0 Å². The largest absolute Gasteiger partial charge is 0.316 e. The van der Waals surface area contributed by atoms with Crippen LogP contribution in [0.4, 0.5) is 0 Å². The molecule has 0 radical (unpaired) electrons. The molecule has 0 bridgehead atoms. The van der Waals surface area contributed by atoms with Crippen LogP contribution in [-0.4, -0.2) is 13.1 Å². The maximum absolute atomic E-state index is 3.48. The zero-order valence-electron chi connectivity index (χ0n) is 12.0. The fourth-order valence-corrected chi connectivity index (χ4v) is 2.68. The Morgan fingerprint density at radius 1 is 1.06 bits per heavy atom. The van der Waals surface area contributed by atoms with Gasteiger partial charge < -0.3 is 5.32 Å². The van der Waals surface area contributed by atoms with Crippen molar-refractivity contribution in [3.8, 4) is 0 Å². The molecule has 1 aliphatic heterocycles. The van der Waals surface area contributed by atoms with Crippen molar-refractivity contribution in [3.05, 3.63) is 35.4 Å². The van der Waals surface area contributed by atoms with Gasteiger partial charge in [0.1, 0.15) is 0 Å². The Kier molecular flexibility index (Phi) is 5.20. The average molecular weight is 233 g/mol. The molecule has 0 spiro atoms. The minimum absolute atomic E-state index is 0.535. The minimum Gasteiger partial charge on any atom is -0.316 e. The van der Waals surface area contributed by atoms with E-state index < -0.39 is 0 Å². The zero-order chi connectivity index (χ0) is 12.9.